The van der Waals surface area contributed by atoms with E-state index in [4.69, 9.17) is 5.84 Å². The largest absolute Gasteiger partial charge is 0.337 e. The molecule has 3 heterocycles. The van der Waals surface area contributed by atoms with Crippen LogP contribution in [-0.2, 0) is 0 Å². The number of anilines is 1. The maximum atomic E-state index is 12.6. The minimum atomic E-state index is 0.0211. The van der Waals surface area contributed by atoms with E-state index < -0.39 is 0 Å². The number of likely N-dealkylation sites (tertiary alicyclic amines) is 2. The molecule has 6 nitrogen and oxygen atoms in total. The predicted molar refractivity (Wildman–Crippen MR) is 77.2 cm³/mol. The average molecular weight is 275 g/mol. The Morgan fingerprint density at radius 3 is 2.90 bits per heavy atom. The smallest absolute Gasteiger partial charge is 0.257 e. The van der Waals surface area contributed by atoms with Gasteiger partial charge < -0.3 is 10.3 Å². The molecule has 0 aromatic carbocycles. The van der Waals surface area contributed by atoms with Crippen LogP contribution < -0.4 is 11.3 Å². The Morgan fingerprint density at radius 1 is 1.35 bits per heavy atom. The molecule has 2 aliphatic heterocycles. The SMILES string of the molecule is NNc1ncccc1C(=O)N1CCC(N2CCCC2)C1. The number of carbonyl (C=O) groups excluding carboxylic acids is 1. The maximum Gasteiger partial charge on any atom is 0.257 e. The third-order valence-corrected chi connectivity index (χ3v) is 4.28. The van der Waals surface area contributed by atoms with E-state index in [1.54, 1.807) is 18.3 Å². The van der Waals surface area contributed by atoms with E-state index in [0.29, 0.717) is 17.4 Å². The van der Waals surface area contributed by atoms with Gasteiger partial charge in [-0.25, -0.2) is 10.8 Å². The summed E-state index contributed by atoms with van der Waals surface area (Å²) in [5.41, 5.74) is 3.05. The van der Waals surface area contributed by atoms with Gasteiger partial charge in [0.2, 0.25) is 0 Å². The summed E-state index contributed by atoms with van der Waals surface area (Å²) < 4.78 is 0. The molecular formula is C14H21N5O. The van der Waals surface area contributed by atoms with Crippen molar-refractivity contribution in [2.24, 2.45) is 5.84 Å². The van der Waals surface area contributed by atoms with E-state index in [-0.39, 0.29) is 5.91 Å². The van der Waals surface area contributed by atoms with Crippen molar-refractivity contribution in [2.75, 3.05) is 31.6 Å². The summed E-state index contributed by atoms with van der Waals surface area (Å²) in [4.78, 5) is 21.1. The second-order valence-corrected chi connectivity index (χ2v) is 5.48. The Morgan fingerprint density at radius 2 is 2.15 bits per heavy atom. The number of amides is 1. The number of carbonyl (C=O) groups is 1. The number of aromatic nitrogens is 1. The monoisotopic (exact) mass is 275 g/mol. The summed E-state index contributed by atoms with van der Waals surface area (Å²) in [5.74, 6) is 5.89. The lowest BCUT2D eigenvalue weighted by Gasteiger charge is -2.23. The van der Waals surface area contributed by atoms with Gasteiger partial charge in [0.15, 0.2) is 5.82 Å². The molecule has 0 aliphatic carbocycles. The molecule has 2 aliphatic rings. The van der Waals surface area contributed by atoms with Crippen LogP contribution in [0.25, 0.3) is 0 Å². The molecule has 0 spiro atoms. The van der Waals surface area contributed by atoms with Crippen LogP contribution in [0.15, 0.2) is 18.3 Å². The van der Waals surface area contributed by atoms with Gasteiger partial charge in [0, 0.05) is 25.3 Å². The van der Waals surface area contributed by atoms with Gasteiger partial charge in [0.05, 0.1) is 5.56 Å². The Labute approximate surface area is 118 Å². The molecule has 2 saturated heterocycles. The second-order valence-electron chi connectivity index (χ2n) is 5.48. The normalized spacial score (nSPS) is 23.2. The summed E-state index contributed by atoms with van der Waals surface area (Å²) in [7, 11) is 0. The fourth-order valence-corrected chi connectivity index (χ4v) is 3.19. The van der Waals surface area contributed by atoms with Gasteiger partial charge in [0.1, 0.15) is 0 Å². The van der Waals surface area contributed by atoms with Crippen LogP contribution in [0.5, 0.6) is 0 Å². The highest BCUT2D eigenvalue weighted by molar-refractivity contribution is 5.98. The van der Waals surface area contributed by atoms with Crippen molar-refractivity contribution in [3.05, 3.63) is 23.9 Å². The zero-order valence-electron chi connectivity index (χ0n) is 11.6. The molecule has 3 N–H and O–H groups in total. The van der Waals surface area contributed by atoms with Crippen molar-refractivity contribution in [3.8, 4) is 0 Å². The van der Waals surface area contributed by atoms with Crippen LogP contribution in [-0.4, -0.2) is 52.9 Å². The topological polar surface area (TPSA) is 74.5 Å². The summed E-state index contributed by atoms with van der Waals surface area (Å²) in [6.45, 7) is 3.99. The van der Waals surface area contributed by atoms with Crippen molar-refractivity contribution in [1.82, 2.24) is 14.8 Å². The fraction of sp³-hybridized carbons (Fsp3) is 0.571. The third-order valence-electron chi connectivity index (χ3n) is 4.28. The Bertz CT molecular complexity index is 486. The molecule has 1 aromatic rings. The van der Waals surface area contributed by atoms with E-state index in [1.807, 2.05) is 4.90 Å². The van der Waals surface area contributed by atoms with Crippen LogP contribution in [0.1, 0.15) is 29.6 Å². The zero-order chi connectivity index (χ0) is 13.9. The second kappa shape index (κ2) is 5.76. The van der Waals surface area contributed by atoms with Crippen LogP contribution in [0, 0.1) is 0 Å². The molecule has 1 atom stereocenters. The highest BCUT2D eigenvalue weighted by atomic mass is 16.2. The first-order valence-electron chi connectivity index (χ1n) is 7.24. The van der Waals surface area contributed by atoms with E-state index >= 15 is 0 Å². The number of hydrazine groups is 1. The molecule has 108 valence electrons. The molecular weight excluding hydrogens is 254 g/mol. The van der Waals surface area contributed by atoms with Crippen molar-refractivity contribution in [1.29, 1.82) is 0 Å². The molecule has 0 radical (unpaired) electrons. The van der Waals surface area contributed by atoms with Crippen LogP contribution >= 0.6 is 0 Å². The Hall–Kier alpha value is -1.66. The third kappa shape index (κ3) is 2.48. The fourth-order valence-electron chi connectivity index (χ4n) is 3.19. The van der Waals surface area contributed by atoms with Crippen LogP contribution in [0.2, 0.25) is 0 Å². The molecule has 0 saturated carbocycles. The van der Waals surface area contributed by atoms with E-state index in [1.165, 1.54) is 25.9 Å². The summed E-state index contributed by atoms with van der Waals surface area (Å²) in [6.07, 6.45) is 5.27. The molecule has 6 heteroatoms. The molecule has 1 amide bonds. The highest BCUT2D eigenvalue weighted by Gasteiger charge is 2.32. The number of hydrogen-bond donors (Lipinski definition) is 2. The molecule has 3 rings (SSSR count). The quantitative estimate of drug-likeness (QED) is 0.627. The molecule has 1 unspecified atom stereocenters. The number of nitrogens with zero attached hydrogens (tertiary/aromatic N) is 3. The van der Waals surface area contributed by atoms with Gasteiger partial charge in [-0.05, 0) is 44.5 Å². The first-order chi connectivity index (χ1) is 9.79. The summed E-state index contributed by atoms with van der Waals surface area (Å²) in [5, 5.41) is 0. The molecule has 20 heavy (non-hydrogen) atoms. The average Bonchev–Trinajstić information content (AvgIpc) is 3.16. The van der Waals surface area contributed by atoms with Crippen molar-refractivity contribution >= 4 is 11.7 Å². The van der Waals surface area contributed by atoms with Crippen molar-refractivity contribution in [2.45, 2.75) is 25.3 Å². The molecule has 0 bridgehead atoms. The first kappa shape index (κ1) is 13.3. The predicted octanol–water partition coefficient (Wildman–Crippen LogP) is 0.677. The minimum Gasteiger partial charge on any atom is -0.337 e. The van der Waals surface area contributed by atoms with Gasteiger partial charge in [-0.3, -0.25) is 9.69 Å². The molecule has 2 fully saturated rings. The lowest BCUT2D eigenvalue weighted by Crippen LogP contribution is -2.37. The van der Waals surface area contributed by atoms with Crippen LogP contribution in [0.4, 0.5) is 5.82 Å². The Kier molecular flexibility index (Phi) is 3.84. The van der Waals surface area contributed by atoms with E-state index in [2.05, 4.69) is 15.3 Å². The Balaban J connectivity index is 1.69. The highest BCUT2D eigenvalue weighted by Crippen LogP contribution is 2.23. The standard InChI is InChI=1S/C14H21N5O/c15-17-13-12(4-3-6-16-13)14(20)19-9-5-11(10-19)18-7-1-2-8-18/h3-4,6,11H,1-2,5,7-10,15H2,(H,16,17). The van der Waals surface area contributed by atoms with Gasteiger partial charge in [-0.15, -0.1) is 0 Å². The van der Waals surface area contributed by atoms with E-state index in [0.717, 1.165) is 19.5 Å². The van der Waals surface area contributed by atoms with E-state index in [9.17, 15) is 4.79 Å². The lowest BCUT2D eigenvalue weighted by molar-refractivity contribution is 0.0780. The minimum absolute atomic E-state index is 0.0211. The number of hydrogen-bond acceptors (Lipinski definition) is 5. The number of nitrogens with one attached hydrogen (secondary N) is 1. The number of pyridine rings is 1. The van der Waals surface area contributed by atoms with Crippen LogP contribution in [0.3, 0.4) is 0 Å². The lowest BCUT2D eigenvalue weighted by atomic mass is 10.2. The number of nitrogen functional groups attached to an aromatic ring is 1. The summed E-state index contributed by atoms with van der Waals surface area (Å²) >= 11 is 0. The van der Waals surface area contributed by atoms with Crippen molar-refractivity contribution in [3.63, 3.8) is 0 Å². The number of nitrogens with two attached hydrogens (primary N) is 1. The maximum absolute atomic E-state index is 12.6. The van der Waals surface area contributed by atoms with Gasteiger partial charge in [0.25, 0.3) is 5.91 Å². The first-order valence-corrected chi connectivity index (χ1v) is 7.24. The zero-order valence-corrected chi connectivity index (χ0v) is 11.6. The molecule has 1 aromatic heterocycles. The number of rotatable bonds is 3. The van der Waals surface area contributed by atoms with Gasteiger partial charge in [-0.2, -0.15) is 0 Å². The van der Waals surface area contributed by atoms with Gasteiger partial charge in [-0.1, -0.05) is 0 Å². The summed E-state index contributed by atoms with van der Waals surface area (Å²) in [6, 6.07) is 4.06. The van der Waals surface area contributed by atoms with Gasteiger partial charge >= 0.3 is 0 Å². The van der Waals surface area contributed by atoms with Crippen molar-refractivity contribution < 1.29 is 4.79 Å².